The zero-order chi connectivity index (χ0) is 18.1. The maximum atomic E-state index is 12.5. The second kappa shape index (κ2) is 6.72. The Labute approximate surface area is 150 Å². The van der Waals surface area contributed by atoms with Gasteiger partial charge in [0.05, 0.1) is 17.8 Å². The van der Waals surface area contributed by atoms with Crippen LogP contribution in [-0.4, -0.2) is 56.8 Å². The van der Waals surface area contributed by atoms with Gasteiger partial charge in [0.15, 0.2) is 6.39 Å². The Morgan fingerprint density at radius 3 is 2.69 bits per heavy atom. The van der Waals surface area contributed by atoms with Crippen LogP contribution in [0.25, 0.3) is 10.9 Å². The summed E-state index contributed by atoms with van der Waals surface area (Å²) in [5, 5.41) is 0.870. The van der Waals surface area contributed by atoms with Crippen LogP contribution >= 0.6 is 0 Å². The first-order valence-electron chi connectivity index (χ1n) is 8.54. The van der Waals surface area contributed by atoms with E-state index in [1.54, 1.807) is 11.8 Å². The summed E-state index contributed by atoms with van der Waals surface area (Å²) < 4.78 is 5.21. The minimum absolute atomic E-state index is 0.106. The third-order valence-electron chi connectivity index (χ3n) is 4.64. The van der Waals surface area contributed by atoms with E-state index < -0.39 is 0 Å². The Morgan fingerprint density at radius 1 is 1.19 bits per heavy atom. The van der Waals surface area contributed by atoms with Gasteiger partial charge in [-0.2, -0.15) is 0 Å². The Bertz CT molecular complexity index is 946. The first kappa shape index (κ1) is 16.5. The molecule has 8 nitrogen and oxygen atoms in total. The number of aromatic nitrogens is 3. The number of aryl methyl sites for hydroxylation is 1. The molecule has 26 heavy (non-hydrogen) atoms. The fraction of sp³-hybridized carbons (Fsp3) is 0.333. The van der Waals surface area contributed by atoms with Gasteiger partial charge in [-0.25, -0.2) is 15.0 Å². The zero-order valence-electron chi connectivity index (χ0n) is 14.6. The van der Waals surface area contributed by atoms with E-state index in [-0.39, 0.29) is 5.91 Å². The third-order valence-corrected chi connectivity index (χ3v) is 4.64. The smallest absolute Gasteiger partial charge is 0.291 e. The van der Waals surface area contributed by atoms with Gasteiger partial charge in [-0.05, 0) is 19.1 Å². The number of benzene rings is 1. The van der Waals surface area contributed by atoms with Crippen LogP contribution in [0.15, 0.2) is 35.1 Å². The second-order valence-electron chi connectivity index (χ2n) is 6.38. The van der Waals surface area contributed by atoms with Gasteiger partial charge in [-0.1, -0.05) is 12.1 Å². The van der Waals surface area contributed by atoms with Gasteiger partial charge in [0.25, 0.3) is 5.91 Å². The Balaban J connectivity index is 1.41. The SMILES string of the molecule is Cc1ncoc1C(=O)N1CCN(Cc2nc(N)c3ccccc3n2)CC1. The van der Waals surface area contributed by atoms with Gasteiger partial charge in [0.1, 0.15) is 11.6 Å². The Morgan fingerprint density at radius 2 is 1.96 bits per heavy atom. The highest BCUT2D eigenvalue weighted by Gasteiger charge is 2.26. The maximum absolute atomic E-state index is 12.5. The quantitative estimate of drug-likeness (QED) is 0.761. The molecule has 2 aromatic heterocycles. The normalized spacial score (nSPS) is 15.5. The highest BCUT2D eigenvalue weighted by atomic mass is 16.3. The number of amides is 1. The average Bonchev–Trinajstić information content (AvgIpc) is 3.08. The van der Waals surface area contributed by atoms with E-state index in [9.17, 15) is 4.79 Å². The van der Waals surface area contributed by atoms with Crippen LogP contribution in [-0.2, 0) is 6.54 Å². The molecule has 1 aliphatic rings. The lowest BCUT2D eigenvalue weighted by Gasteiger charge is -2.33. The van der Waals surface area contributed by atoms with E-state index in [0.717, 1.165) is 24.0 Å². The van der Waals surface area contributed by atoms with Crippen molar-refractivity contribution in [3.05, 3.63) is 47.9 Å². The summed E-state index contributed by atoms with van der Waals surface area (Å²) in [7, 11) is 0. The summed E-state index contributed by atoms with van der Waals surface area (Å²) in [6.07, 6.45) is 1.31. The molecule has 0 spiro atoms. The maximum Gasteiger partial charge on any atom is 0.291 e. The number of carbonyl (C=O) groups excluding carboxylic acids is 1. The number of para-hydroxylation sites is 1. The summed E-state index contributed by atoms with van der Waals surface area (Å²) in [4.78, 5) is 29.5. The van der Waals surface area contributed by atoms with Gasteiger partial charge in [0.2, 0.25) is 5.76 Å². The number of anilines is 1. The van der Waals surface area contributed by atoms with Crippen LogP contribution in [0.2, 0.25) is 0 Å². The topological polar surface area (TPSA) is 101 Å². The number of nitrogens with zero attached hydrogens (tertiary/aromatic N) is 5. The molecule has 0 saturated carbocycles. The summed E-state index contributed by atoms with van der Waals surface area (Å²) in [5.41, 5.74) is 7.53. The van der Waals surface area contributed by atoms with Crippen molar-refractivity contribution in [1.29, 1.82) is 0 Å². The lowest BCUT2D eigenvalue weighted by Crippen LogP contribution is -2.48. The van der Waals surface area contributed by atoms with Gasteiger partial charge < -0.3 is 15.1 Å². The number of piperazine rings is 1. The molecule has 0 radical (unpaired) electrons. The molecular formula is C18H20N6O2. The summed E-state index contributed by atoms with van der Waals surface area (Å²) in [5.74, 6) is 1.42. The average molecular weight is 352 g/mol. The van der Waals surface area contributed by atoms with Crippen molar-refractivity contribution >= 4 is 22.6 Å². The fourth-order valence-electron chi connectivity index (χ4n) is 3.18. The van der Waals surface area contributed by atoms with Crippen molar-refractivity contribution in [2.24, 2.45) is 0 Å². The van der Waals surface area contributed by atoms with E-state index >= 15 is 0 Å². The van der Waals surface area contributed by atoms with Crippen LogP contribution in [0.4, 0.5) is 5.82 Å². The number of oxazole rings is 1. The molecule has 4 rings (SSSR count). The van der Waals surface area contributed by atoms with Crippen LogP contribution in [0.3, 0.4) is 0 Å². The third kappa shape index (κ3) is 3.11. The summed E-state index contributed by atoms with van der Waals surface area (Å²) in [6.45, 7) is 5.13. The van der Waals surface area contributed by atoms with E-state index in [1.165, 1.54) is 6.39 Å². The van der Waals surface area contributed by atoms with Crippen LogP contribution in [0.1, 0.15) is 22.1 Å². The van der Waals surface area contributed by atoms with Crippen LogP contribution < -0.4 is 5.73 Å². The predicted octanol–water partition coefficient (Wildman–Crippen LogP) is 1.47. The number of fused-ring (bicyclic) bond motifs is 1. The Hall–Kier alpha value is -3.00. The molecular weight excluding hydrogens is 332 g/mol. The molecule has 3 heterocycles. The van der Waals surface area contributed by atoms with Crippen LogP contribution in [0.5, 0.6) is 0 Å². The van der Waals surface area contributed by atoms with Gasteiger partial charge in [-0.15, -0.1) is 0 Å². The minimum atomic E-state index is -0.106. The van der Waals surface area contributed by atoms with Crippen molar-refractivity contribution in [1.82, 2.24) is 24.8 Å². The van der Waals surface area contributed by atoms with Gasteiger partial charge in [-0.3, -0.25) is 9.69 Å². The lowest BCUT2D eigenvalue weighted by atomic mass is 10.2. The number of rotatable bonds is 3. The molecule has 0 aliphatic carbocycles. The molecule has 1 aliphatic heterocycles. The van der Waals surface area contributed by atoms with Crippen LogP contribution in [0, 0.1) is 6.92 Å². The fourth-order valence-corrected chi connectivity index (χ4v) is 3.18. The minimum Gasteiger partial charge on any atom is -0.438 e. The molecule has 134 valence electrons. The van der Waals surface area contributed by atoms with E-state index in [0.29, 0.717) is 42.7 Å². The molecule has 3 aromatic rings. The number of carbonyl (C=O) groups is 1. The van der Waals surface area contributed by atoms with Crippen molar-refractivity contribution in [2.45, 2.75) is 13.5 Å². The highest BCUT2D eigenvalue weighted by molar-refractivity contribution is 5.92. The number of hydrogen-bond donors (Lipinski definition) is 1. The van der Waals surface area contributed by atoms with Crippen molar-refractivity contribution in [2.75, 3.05) is 31.9 Å². The van der Waals surface area contributed by atoms with Crippen molar-refractivity contribution in [3.63, 3.8) is 0 Å². The van der Waals surface area contributed by atoms with E-state index in [1.807, 2.05) is 24.3 Å². The summed E-state index contributed by atoms with van der Waals surface area (Å²) >= 11 is 0. The molecule has 1 saturated heterocycles. The van der Waals surface area contributed by atoms with Gasteiger partial charge in [0, 0.05) is 31.6 Å². The summed E-state index contributed by atoms with van der Waals surface area (Å²) in [6, 6.07) is 7.72. The number of hydrogen-bond acceptors (Lipinski definition) is 7. The monoisotopic (exact) mass is 352 g/mol. The predicted molar refractivity (Wildman–Crippen MR) is 96.4 cm³/mol. The van der Waals surface area contributed by atoms with Crippen molar-refractivity contribution < 1.29 is 9.21 Å². The molecule has 8 heteroatoms. The molecule has 1 amide bonds. The van der Waals surface area contributed by atoms with E-state index in [2.05, 4.69) is 19.9 Å². The molecule has 0 atom stereocenters. The van der Waals surface area contributed by atoms with E-state index in [4.69, 9.17) is 10.2 Å². The van der Waals surface area contributed by atoms with Crippen molar-refractivity contribution in [3.8, 4) is 0 Å². The molecule has 2 N–H and O–H groups in total. The lowest BCUT2D eigenvalue weighted by molar-refractivity contribution is 0.0594. The molecule has 1 aromatic carbocycles. The largest absolute Gasteiger partial charge is 0.438 e. The number of nitrogens with two attached hydrogens (primary N) is 1. The Kier molecular flexibility index (Phi) is 4.26. The zero-order valence-corrected chi connectivity index (χ0v) is 14.6. The molecule has 0 bridgehead atoms. The first-order valence-corrected chi connectivity index (χ1v) is 8.54. The standard InChI is InChI=1S/C18H20N6O2/c1-12-16(26-11-20-12)18(25)24-8-6-23(7-9-24)10-15-21-14-5-3-2-4-13(14)17(19)22-15/h2-5,11H,6-10H2,1H3,(H2,19,21,22). The first-order chi connectivity index (χ1) is 12.6. The number of nitrogen functional groups attached to an aromatic ring is 1. The molecule has 0 unspecified atom stereocenters. The second-order valence-corrected chi connectivity index (χ2v) is 6.38. The molecule has 1 fully saturated rings. The highest BCUT2D eigenvalue weighted by Crippen LogP contribution is 2.18. The van der Waals surface area contributed by atoms with Gasteiger partial charge >= 0.3 is 0 Å².